The van der Waals surface area contributed by atoms with Crippen LogP contribution in [0, 0.1) is 0 Å². The van der Waals surface area contributed by atoms with Crippen LogP contribution in [0.3, 0.4) is 0 Å². The summed E-state index contributed by atoms with van der Waals surface area (Å²) in [6.07, 6.45) is 2.44. The minimum Gasteiger partial charge on any atom is -0.488 e. The van der Waals surface area contributed by atoms with E-state index in [-0.39, 0.29) is 0 Å². The maximum absolute atomic E-state index is 10.6. The van der Waals surface area contributed by atoms with E-state index < -0.39 is 5.97 Å². The van der Waals surface area contributed by atoms with Crippen molar-refractivity contribution in [1.29, 1.82) is 0 Å². The van der Waals surface area contributed by atoms with E-state index in [1.807, 2.05) is 12.1 Å². The van der Waals surface area contributed by atoms with E-state index in [2.05, 4.69) is 0 Å². The fourth-order valence-electron chi connectivity index (χ4n) is 1.75. The highest BCUT2D eigenvalue weighted by atomic mass is 35.5. The Balaban J connectivity index is 2.20. The van der Waals surface area contributed by atoms with E-state index >= 15 is 0 Å². The van der Waals surface area contributed by atoms with Crippen molar-refractivity contribution in [3.05, 3.63) is 69.7 Å². The number of hydrogen-bond acceptors (Lipinski definition) is 2. The third-order valence-corrected chi connectivity index (χ3v) is 3.25. The summed E-state index contributed by atoms with van der Waals surface area (Å²) in [5.74, 6) is -0.532. The zero-order valence-corrected chi connectivity index (χ0v) is 12.4. The predicted octanol–water partition coefficient (Wildman–Crippen LogP) is 4.67. The maximum atomic E-state index is 10.6. The first-order chi connectivity index (χ1) is 10.1. The van der Waals surface area contributed by atoms with E-state index in [9.17, 15) is 4.79 Å². The first kappa shape index (κ1) is 15.4. The number of benzene rings is 2. The molecule has 0 unspecified atom stereocenters. The molecule has 108 valence electrons. The Morgan fingerprint density at radius 1 is 1.19 bits per heavy atom. The molecule has 0 heterocycles. The molecule has 0 aliphatic heterocycles. The summed E-state index contributed by atoms with van der Waals surface area (Å²) < 4.78 is 5.70. The lowest BCUT2D eigenvalue weighted by molar-refractivity contribution is -0.131. The number of halogens is 2. The second kappa shape index (κ2) is 7.16. The van der Waals surface area contributed by atoms with Gasteiger partial charge in [0.2, 0.25) is 0 Å². The van der Waals surface area contributed by atoms with Crippen LogP contribution in [-0.2, 0) is 11.4 Å². The third-order valence-electron chi connectivity index (χ3n) is 2.69. The van der Waals surface area contributed by atoms with E-state index in [1.165, 1.54) is 6.08 Å². The van der Waals surface area contributed by atoms with Gasteiger partial charge in [-0.15, -0.1) is 0 Å². The quantitative estimate of drug-likeness (QED) is 0.813. The molecule has 2 aromatic carbocycles. The molecule has 0 fully saturated rings. The van der Waals surface area contributed by atoms with Crippen LogP contribution < -0.4 is 4.74 Å². The van der Waals surface area contributed by atoms with Gasteiger partial charge in [0.05, 0.1) is 5.02 Å². The van der Waals surface area contributed by atoms with Crippen LogP contribution in [0.15, 0.2) is 48.5 Å². The molecule has 0 spiro atoms. The number of ether oxygens (including phenoxy) is 1. The predicted molar refractivity (Wildman–Crippen MR) is 83.9 cm³/mol. The summed E-state index contributed by atoms with van der Waals surface area (Å²) >= 11 is 12.0. The van der Waals surface area contributed by atoms with E-state index in [4.69, 9.17) is 33.0 Å². The van der Waals surface area contributed by atoms with Crippen molar-refractivity contribution >= 4 is 35.2 Å². The van der Waals surface area contributed by atoms with Crippen molar-refractivity contribution in [1.82, 2.24) is 0 Å². The lowest BCUT2D eigenvalue weighted by atomic mass is 10.2. The van der Waals surface area contributed by atoms with Gasteiger partial charge < -0.3 is 9.84 Å². The standard InChI is InChI=1S/C16H12Cl2O3/c17-12-4-1-3-11(9-12)10-21-15-6-2-5-14(18)13(15)7-8-16(19)20/h1-9H,10H2,(H,19,20)/b8-7+. The Kier molecular flexibility index (Phi) is 5.26. The molecule has 0 radical (unpaired) electrons. The van der Waals surface area contributed by atoms with Crippen LogP contribution in [0.4, 0.5) is 0 Å². The second-order valence-electron chi connectivity index (χ2n) is 4.24. The average Bonchev–Trinajstić information content (AvgIpc) is 2.44. The van der Waals surface area contributed by atoms with Gasteiger partial charge in [-0.25, -0.2) is 4.79 Å². The molecule has 5 heteroatoms. The molecule has 0 saturated carbocycles. The highest BCUT2D eigenvalue weighted by molar-refractivity contribution is 6.32. The molecule has 0 aliphatic carbocycles. The van der Waals surface area contributed by atoms with Crippen LogP contribution in [0.2, 0.25) is 10.0 Å². The molecule has 3 nitrogen and oxygen atoms in total. The molecular formula is C16H12Cl2O3. The summed E-state index contributed by atoms with van der Waals surface area (Å²) in [5, 5.41) is 9.77. The normalized spacial score (nSPS) is 10.8. The third kappa shape index (κ3) is 4.52. The summed E-state index contributed by atoms with van der Waals surface area (Å²) in [5.41, 5.74) is 1.44. The van der Waals surface area contributed by atoms with Gasteiger partial charge in [0.15, 0.2) is 0 Å². The number of aliphatic carboxylic acids is 1. The average molecular weight is 323 g/mol. The smallest absolute Gasteiger partial charge is 0.328 e. The van der Waals surface area contributed by atoms with Gasteiger partial charge in [-0.05, 0) is 35.9 Å². The molecule has 0 saturated heterocycles. The Morgan fingerprint density at radius 3 is 2.67 bits per heavy atom. The van der Waals surface area contributed by atoms with E-state index in [1.54, 1.807) is 30.3 Å². The Hall–Kier alpha value is -1.97. The minimum absolute atomic E-state index is 0.314. The molecule has 21 heavy (non-hydrogen) atoms. The molecule has 0 bridgehead atoms. The van der Waals surface area contributed by atoms with Crippen LogP contribution in [-0.4, -0.2) is 11.1 Å². The highest BCUT2D eigenvalue weighted by Gasteiger charge is 2.06. The molecule has 2 aromatic rings. The van der Waals surface area contributed by atoms with Crippen molar-refractivity contribution in [3.63, 3.8) is 0 Å². The number of carboxylic acid groups (broad SMARTS) is 1. The summed E-state index contributed by atoms with van der Waals surface area (Å²) in [6.45, 7) is 0.314. The maximum Gasteiger partial charge on any atom is 0.328 e. The van der Waals surface area contributed by atoms with Crippen molar-refractivity contribution < 1.29 is 14.6 Å². The summed E-state index contributed by atoms with van der Waals surface area (Å²) in [4.78, 5) is 10.6. The number of carboxylic acids is 1. The van der Waals surface area contributed by atoms with Crippen LogP contribution in [0.25, 0.3) is 6.08 Å². The van der Waals surface area contributed by atoms with Gasteiger partial charge >= 0.3 is 5.97 Å². The minimum atomic E-state index is -1.05. The lowest BCUT2D eigenvalue weighted by Gasteiger charge is -2.10. The Morgan fingerprint density at radius 2 is 1.95 bits per heavy atom. The summed E-state index contributed by atoms with van der Waals surface area (Å²) in [6, 6.07) is 12.5. The van der Waals surface area contributed by atoms with Crippen molar-refractivity contribution in [2.75, 3.05) is 0 Å². The van der Waals surface area contributed by atoms with Crippen molar-refractivity contribution in [2.24, 2.45) is 0 Å². The van der Waals surface area contributed by atoms with Gasteiger partial charge in [0.25, 0.3) is 0 Å². The Bertz CT molecular complexity index is 681. The van der Waals surface area contributed by atoms with Gasteiger partial charge in [0.1, 0.15) is 12.4 Å². The largest absolute Gasteiger partial charge is 0.488 e. The van der Waals surface area contributed by atoms with Crippen LogP contribution >= 0.6 is 23.2 Å². The molecule has 0 amide bonds. The van der Waals surface area contributed by atoms with Gasteiger partial charge in [-0.1, -0.05) is 41.4 Å². The lowest BCUT2D eigenvalue weighted by Crippen LogP contribution is -1.97. The van der Waals surface area contributed by atoms with Gasteiger partial charge in [-0.2, -0.15) is 0 Å². The summed E-state index contributed by atoms with van der Waals surface area (Å²) in [7, 11) is 0. The number of hydrogen-bond donors (Lipinski definition) is 1. The van der Waals surface area contributed by atoms with E-state index in [0.29, 0.717) is 28.0 Å². The number of rotatable bonds is 5. The molecule has 0 atom stereocenters. The highest BCUT2D eigenvalue weighted by Crippen LogP contribution is 2.28. The van der Waals surface area contributed by atoms with Crippen LogP contribution in [0.5, 0.6) is 5.75 Å². The topological polar surface area (TPSA) is 46.5 Å². The molecule has 0 aliphatic rings. The first-order valence-corrected chi connectivity index (χ1v) is 6.88. The monoisotopic (exact) mass is 322 g/mol. The molecular weight excluding hydrogens is 311 g/mol. The Labute approximate surface area is 132 Å². The fraction of sp³-hybridized carbons (Fsp3) is 0.0625. The van der Waals surface area contributed by atoms with Gasteiger partial charge in [0, 0.05) is 16.7 Å². The zero-order valence-electron chi connectivity index (χ0n) is 10.9. The van der Waals surface area contributed by atoms with Crippen molar-refractivity contribution in [2.45, 2.75) is 6.61 Å². The van der Waals surface area contributed by atoms with Crippen molar-refractivity contribution in [3.8, 4) is 5.75 Å². The number of carbonyl (C=O) groups is 1. The SMILES string of the molecule is O=C(O)/C=C/c1c(Cl)cccc1OCc1cccc(Cl)c1. The second-order valence-corrected chi connectivity index (χ2v) is 5.09. The van der Waals surface area contributed by atoms with E-state index in [0.717, 1.165) is 11.6 Å². The molecule has 0 aromatic heterocycles. The van der Waals surface area contributed by atoms with Gasteiger partial charge in [-0.3, -0.25) is 0 Å². The fourth-order valence-corrected chi connectivity index (χ4v) is 2.19. The zero-order chi connectivity index (χ0) is 15.2. The molecule has 2 rings (SSSR count). The first-order valence-electron chi connectivity index (χ1n) is 6.13. The van der Waals surface area contributed by atoms with Crippen LogP contribution in [0.1, 0.15) is 11.1 Å². The molecule has 1 N–H and O–H groups in total.